The van der Waals surface area contributed by atoms with Crippen LogP contribution in [0.25, 0.3) is 0 Å². The molecule has 1 unspecified atom stereocenters. The number of hydrogen-bond donors (Lipinski definition) is 2. The number of amides is 1. The van der Waals surface area contributed by atoms with Crippen molar-refractivity contribution in [2.75, 3.05) is 20.3 Å². The molecule has 0 heterocycles. The molecule has 0 aliphatic rings. The molecule has 0 aliphatic carbocycles. The van der Waals surface area contributed by atoms with E-state index in [1.807, 2.05) is 27.7 Å². The number of rotatable bonds is 10. The molecule has 0 saturated heterocycles. The van der Waals surface area contributed by atoms with Crippen LogP contribution in [-0.2, 0) is 14.3 Å². The van der Waals surface area contributed by atoms with Crippen LogP contribution in [0, 0.1) is 0 Å². The van der Waals surface area contributed by atoms with Gasteiger partial charge in [-0.3, -0.25) is 4.79 Å². The van der Waals surface area contributed by atoms with Gasteiger partial charge in [-0.15, -0.1) is 0 Å². The van der Waals surface area contributed by atoms with E-state index >= 15 is 0 Å². The maximum absolute atomic E-state index is 11.2. The Morgan fingerprint density at radius 2 is 1.94 bits per heavy atom. The number of methoxy groups -OCH3 is 1. The molecule has 0 aromatic rings. The number of hydrogen-bond acceptors (Lipinski definition) is 4. The molecule has 5 heteroatoms. The molecule has 18 heavy (non-hydrogen) atoms. The lowest BCUT2D eigenvalue weighted by Crippen LogP contribution is -2.45. The molecule has 3 N–H and O–H groups in total. The van der Waals surface area contributed by atoms with Gasteiger partial charge in [-0.2, -0.15) is 0 Å². The van der Waals surface area contributed by atoms with Gasteiger partial charge >= 0.3 is 0 Å². The minimum absolute atomic E-state index is 0.167. The second-order valence-corrected chi connectivity index (χ2v) is 5.39. The highest BCUT2D eigenvalue weighted by molar-refractivity contribution is 5.79. The van der Waals surface area contributed by atoms with E-state index in [2.05, 4.69) is 5.32 Å². The number of nitrogens with one attached hydrogen (secondary N) is 1. The van der Waals surface area contributed by atoms with Gasteiger partial charge in [0, 0.05) is 26.4 Å². The van der Waals surface area contributed by atoms with Gasteiger partial charge in [0.05, 0.1) is 11.6 Å². The van der Waals surface area contributed by atoms with Crippen LogP contribution in [-0.4, -0.2) is 43.9 Å². The van der Waals surface area contributed by atoms with Crippen LogP contribution in [0.5, 0.6) is 0 Å². The molecule has 0 aliphatic heterocycles. The quantitative estimate of drug-likeness (QED) is 0.576. The standard InChI is InChI=1S/C13H28N2O3/c1-10(2)15-11(12(14)16)6-8-18-9-7-13(3,4)17-5/h10-11,15H,6-9H2,1-5H3,(H2,14,16). The van der Waals surface area contributed by atoms with Crippen LogP contribution in [0.3, 0.4) is 0 Å². The Kier molecular flexibility index (Phi) is 8.15. The van der Waals surface area contributed by atoms with Gasteiger partial charge in [0.15, 0.2) is 0 Å². The zero-order valence-corrected chi connectivity index (χ0v) is 12.3. The summed E-state index contributed by atoms with van der Waals surface area (Å²) in [5.74, 6) is -0.329. The van der Waals surface area contributed by atoms with Gasteiger partial charge in [0.1, 0.15) is 0 Å². The summed E-state index contributed by atoms with van der Waals surface area (Å²) in [5.41, 5.74) is 5.15. The zero-order chi connectivity index (χ0) is 14.2. The molecule has 108 valence electrons. The van der Waals surface area contributed by atoms with Crippen LogP contribution in [0.15, 0.2) is 0 Å². The predicted octanol–water partition coefficient (Wildman–Crippen LogP) is 1.06. The lowest BCUT2D eigenvalue weighted by atomic mass is 10.1. The minimum Gasteiger partial charge on any atom is -0.381 e. The highest BCUT2D eigenvalue weighted by Crippen LogP contribution is 2.12. The first-order valence-corrected chi connectivity index (χ1v) is 6.47. The molecule has 0 saturated carbocycles. The third-order valence-corrected chi connectivity index (χ3v) is 2.83. The van der Waals surface area contributed by atoms with Crippen molar-refractivity contribution in [3.63, 3.8) is 0 Å². The van der Waals surface area contributed by atoms with Crippen molar-refractivity contribution in [1.82, 2.24) is 5.32 Å². The molecule has 0 radical (unpaired) electrons. The number of primary amides is 1. The Balaban J connectivity index is 3.77. The maximum Gasteiger partial charge on any atom is 0.234 e. The van der Waals surface area contributed by atoms with Gasteiger partial charge < -0.3 is 20.5 Å². The van der Waals surface area contributed by atoms with Crippen LogP contribution in [0.1, 0.15) is 40.5 Å². The van der Waals surface area contributed by atoms with Crippen LogP contribution < -0.4 is 11.1 Å². The second-order valence-electron chi connectivity index (χ2n) is 5.39. The monoisotopic (exact) mass is 260 g/mol. The van der Waals surface area contributed by atoms with Gasteiger partial charge in [0.25, 0.3) is 0 Å². The van der Waals surface area contributed by atoms with Crippen molar-refractivity contribution in [2.45, 2.75) is 58.2 Å². The van der Waals surface area contributed by atoms with E-state index < -0.39 is 0 Å². The van der Waals surface area contributed by atoms with E-state index in [0.717, 1.165) is 6.42 Å². The third kappa shape index (κ3) is 8.44. The third-order valence-electron chi connectivity index (χ3n) is 2.83. The van der Waals surface area contributed by atoms with Crippen molar-refractivity contribution in [3.05, 3.63) is 0 Å². The first-order valence-electron chi connectivity index (χ1n) is 6.47. The Hall–Kier alpha value is -0.650. The van der Waals surface area contributed by atoms with Crippen LogP contribution in [0.2, 0.25) is 0 Å². The number of carbonyl (C=O) groups is 1. The normalized spacial score (nSPS) is 13.9. The maximum atomic E-state index is 11.2. The molecule has 0 aromatic heterocycles. The summed E-state index contributed by atoms with van der Waals surface area (Å²) in [6, 6.07) is -0.0876. The molecule has 0 spiro atoms. The molecular formula is C13H28N2O3. The largest absolute Gasteiger partial charge is 0.381 e. The molecule has 0 bridgehead atoms. The van der Waals surface area contributed by atoms with E-state index in [1.165, 1.54) is 0 Å². The molecule has 0 fully saturated rings. The Bertz CT molecular complexity index is 242. The van der Waals surface area contributed by atoms with E-state index in [-0.39, 0.29) is 23.6 Å². The van der Waals surface area contributed by atoms with E-state index in [1.54, 1.807) is 7.11 Å². The second kappa shape index (κ2) is 8.45. The molecule has 1 atom stereocenters. The molecule has 1 amide bonds. The van der Waals surface area contributed by atoms with Gasteiger partial charge in [-0.05, 0) is 26.7 Å². The first kappa shape index (κ1) is 17.4. The van der Waals surface area contributed by atoms with Crippen LogP contribution in [0.4, 0.5) is 0 Å². The summed E-state index contributed by atoms with van der Waals surface area (Å²) < 4.78 is 10.8. The van der Waals surface area contributed by atoms with E-state index in [9.17, 15) is 4.79 Å². The molecular weight excluding hydrogens is 232 g/mol. The van der Waals surface area contributed by atoms with Crippen molar-refractivity contribution in [1.29, 1.82) is 0 Å². The summed E-state index contributed by atoms with van der Waals surface area (Å²) in [5, 5.41) is 3.12. The summed E-state index contributed by atoms with van der Waals surface area (Å²) in [7, 11) is 1.69. The van der Waals surface area contributed by atoms with Crippen molar-refractivity contribution >= 4 is 5.91 Å². The van der Waals surface area contributed by atoms with Crippen molar-refractivity contribution < 1.29 is 14.3 Å². The first-order chi connectivity index (χ1) is 8.28. The fourth-order valence-electron chi connectivity index (χ4n) is 1.43. The minimum atomic E-state index is -0.329. The zero-order valence-electron chi connectivity index (χ0n) is 12.3. The highest BCUT2D eigenvalue weighted by Gasteiger charge is 2.17. The lowest BCUT2D eigenvalue weighted by Gasteiger charge is -2.23. The average Bonchev–Trinajstić information content (AvgIpc) is 2.26. The molecule has 0 rings (SSSR count). The predicted molar refractivity (Wildman–Crippen MR) is 72.4 cm³/mol. The summed E-state index contributed by atoms with van der Waals surface area (Å²) in [4.78, 5) is 11.2. The summed E-state index contributed by atoms with van der Waals surface area (Å²) >= 11 is 0. The van der Waals surface area contributed by atoms with E-state index in [0.29, 0.717) is 19.6 Å². The van der Waals surface area contributed by atoms with Gasteiger partial charge in [-0.1, -0.05) is 13.8 Å². The Morgan fingerprint density at radius 1 is 1.33 bits per heavy atom. The van der Waals surface area contributed by atoms with Crippen LogP contribution >= 0.6 is 0 Å². The fraction of sp³-hybridized carbons (Fsp3) is 0.923. The summed E-state index contributed by atoms with van der Waals surface area (Å²) in [6.07, 6.45) is 1.42. The Labute approximate surface area is 110 Å². The number of ether oxygens (including phenoxy) is 2. The van der Waals surface area contributed by atoms with Crippen molar-refractivity contribution in [2.24, 2.45) is 5.73 Å². The highest BCUT2D eigenvalue weighted by atomic mass is 16.5. The van der Waals surface area contributed by atoms with Crippen molar-refractivity contribution in [3.8, 4) is 0 Å². The topological polar surface area (TPSA) is 73.6 Å². The lowest BCUT2D eigenvalue weighted by molar-refractivity contribution is -0.120. The van der Waals surface area contributed by atoms with E-state index in [4.69, 9.17) is 15.2 Å². The molecule has 0 aromatic carbocycles. The average molecular weight is 260 g/mol. The summed E-state index contributed by atoms with van der Waals surface area (Å²) in [6.45, 7) is 9.14. The Morgan fingerprint density at radius 3 is 2.39 bits per heavy atom. The smallest absolute Gasteiger partial charge is 0.234 e. The SMILES string of the molecule is COC(C)(C)CCOCCC(NC(C)C)C(N)=O. The van der Waals surface area contributed by atoms with Gasteiger partial charge in [-0.25, -0.2) is 0 Å². The number of carbonyl (C=O) groups excluding carboxylic acids is 1. The fourth-order valence-corrected chi connectivity index (χ4v) is 1.43. The molecule has 5 nitrogen and oxygen atoms in total. The van der Waals surface area contributed by atoms with Gasteiger partial charge in [0.2, 0.25) is 5.91 Å². The number of nitrogens with two attached hydrogens (primary N) is 1.